The first-order chi connectivity index (χ1) is 17.2. The lowest BCUT2D eigenvalue weighted by molar-refractivity contribution is 0.0730. The van der Waals surface area contributed by atoms with Gasteiger partial charge in [-0.25, -0.2) is 31.0 Å². The Labute approximate surface area is 210 Å². The minimum atomic E-state index is -3.76. The molecule has 2 heterocycles. The smallest absolute Gasteiger partial charge is 0.243 e. The van der Waals surface area contributed by atoms with Crippen molar-refractivity contribution in [2.75, 3.05) is 39.5 Å². The maximum atomic E-state index is 14.2. The predicted molar refractivity (Wildman–Crippen MR) is 126 cm³/mol. The summed E-state index contributed by atoms with van der Waals surface area (Å²) in [5.74, 6) is -6.29. The number of rotatable bonds is 10. The number of halogens is 4. The molecular weight excluding hydrogens is 522 g/mol. The van der Waals surface area contributed by atoms with Crippen LogP contribution in [0.5, 0.6) is 0 Å². The second kappa shape index (κ2) is 11.5. The molecule has 0 N–H and O–H groups in total. The molecule has 1 fully saturated rings. The highest BCUT2D eigenvalue weighted by Gasteiger charge is 2.27. The third-order valence-corrected chi connectivity index (χ3v) is 8.61. The van der Waals surface area contributed by atoms with Gasteiger partial charge in [0.25, 0.3) is 0 Å². The van der Waals surface area contributed by atoms with Gasteiger partial charge in [0, 0.05) is 50.2 Å². The molecule has 0 amide bonds. The normalized spacial score (nSPS) is 15.1. The standard InChI is InChI=1S/C23H25F4N3O4S2/c1-2-33-9-3-6-30-20-5-4-15(36(31,32)29-7-10-34-11-8-29)12-19(20)28-23(30)35-14-16-21(26)17(24)13-18(25)22(16)27/h4-5,12-13H,2-3,6-11,14H2,1H3. The number of thioether (sulfide) groups is 1. The van der Waals surface area contributed by atoms with E-state index in [1.165, 1.54) is 16.4 Å². The van der Waals surface area contributed by atoms with Gasteiger partial charge >= 0.3 is 0 Å². The van der Waals surface area contributed by atoms with Crippen molar-refractivity contribution in [3.63, 3.8) is 0 Å². The van der Waals surface area contributed by atoms with Gasteiger partial charge in [-0.2, -0.15) is 4.31 Å². The Morgan fingerprint density at radius 1 is 1.08 bits per heavy atom. The summed E-state index contributed by atoms with van der Waals surface area (Å²) in [6.45, 7) is 4.40. The van der Waals surface area contributed by atoms with Gasteiger partial charge in [-0.05, 0) is 31.5 Å². The quantitative estimate of drug-likeness (QED) is 0.163. The summed E-state index contributed by atoms with van der Waals surface area (Å²) in [6, 6.07) is 4.73. The van der Waals surface area contributed by atoms with Crippen molar-refractivity contribution < 1.29 is 35.5 Å². The van der Waals surface area contributed by atoms with Crippen molar-refractivity contribution in [3.8, 4) is 0 Å². The molecule has 13 heteroatoms. The number of imidazole rings is 1. The molecule has 1 aliphatic rings. The minimum absolute atomic E-state index is 0.0664. The van der Waals surface area contributed by atoms with Gasteiger partial charge in [-0.1, -0.05) is 11.8 Å². The molecule has 0 spiro atoms. The molecule has 4 rings (SSSR count). The summed E-state index contributed by atoms with van der Waals surface area (Å²) in [5, 5.41) is 0.325. The average Bonchev–Trinajstić information content (AvgIpc) is 3.22. The third-order valence-electron chi connectivity index (χ3n) is 5.72. The highest BCUT2D eigenvalue weighted by Crippen LogP contribution is 2.31. The van der Waals surface area contributed by atoms with Crippen LogP contribution >= 0.6 is 11.8 Å². The Hall–Kier alpha value is -2.19. The number of hydrogen-bond acceptors (Lipinski definition) is 6. The Morgan fingerprint density at radius 2 is 1.78 bits per heavy atom. The Balaban J connectivity index is 1.67. The van der Waals surface area contributed by atoms with Crippen LogP contribution in [0.25, 0.3) is 11.0 Å². The van der Waals surface area contributed by atoms with E-state index < -0.39 is 44.6 Å². The number of nitrogens with zero attached hydrogens (tertiary/aromatic N) is 3. The van der Waals surface area contributed by atoms with E-state index in [0.717, 1.165) is 11.8 Å². The van der Waals surface area contributed by atoms with E-state index in [0.29, 0.717) is 55.6 Å². The van der Waals surface area contributed by atoms with Crippen LogP contribution in [0.1, 0.15) is 18.9 Å². The molecule has 196 valence electrons. The van der Waals surface area contributed by atoms with Gasteiger partial charge in [0.05, 0.1) is 29.1 Å². The van der Waals surface area contributed by atoms with Crippen molar-refractivity contribution in [2.45, 2.75) is 35.7 Å². The molecule has 0 bridgehead atoms. The molecule has 1 aromatic heterocycles. The third kappa shape index (κ3) is 5.54. The summed E-state index contributed by atoms with van der Waals surface area (Å²) >= 11 is 0.898. The van der Waals surface area contributed by atoms with Crippen LogP contribution in [0.4, 0.5) is 17.6 Å². The van der Waals surface area contributed by atoms with E-state index in [2.05, 4.69) is 4.98 Å². The summed E-state index contributed by atoms with van der Waals surface area (Å²) in [4.78, 5) is 4.56. The second-order valence-electron chi connectivity index (χ2n) is 8.00. The van der Waals surface area contributed by atoms with Gasteiger partial charge in [0.15, 0.2) is 28.4 Å². The lowest BCUT2D eigenvalue weighted by atomic mass is 10.2. The number of aromatic nitrogens is 2. The number of ether oxygens (including phenoxy) is 2. The minimum Gasteiger partial charge on any atom is -0.382 e. The number of aryl methyl sites for hydroxylation is 1. The highest BCUT2D eigenvalue weighted by molar-refractivity contribution is 7.98. The van der Waals surface area contributed by atoms with Gasteiger partial charge in [0.2, 0.25) is 10.0 Å². The van der Waals surface area contributed by atoms with E-state index in [-0.39, 0.29) is 24.1 Å². The average molecular weight is 548 g/mol. The Bertz CT molecular complexity index is 1320. The SMILES string of the molecule is CCOCCCn1c(SCc2c(F)c(F)cc(F)c2F)nc2cc(S(=O)(=O)N3CCOCC3)ccc21. The fraction of sp³-hybridized carbons (Fsp3) is 0.435. The number of benzene rings is 2. The molecule has 0 aliphatic carbocycles. The van der Waals surface area contributed by atoms with Crippen LogP contribution in [-0.4, -0.2) is 61.8 Å². The zero-order valence-electron chi connectivity index (χ0n) is 19.5. The number of morpholine rings is 1. The largest absolute Gasteiger partial charge is 0.382 e. The van der Waals surface area contributed by atoms with Gasteiger partial charge < -0.3 is 14.0 Å². The molecule has 36 heavy (non-hydrogen) atoms. The van der Waals surface area contributed by atoms with Crippen LogP contribution in [-0.2, 0) is 31.8 Å². The van der Waals surface area contributed by atoms with Gasteiger partial charge in [0.1, 0.15) is 0 Å². The maximum absolute atomic E-state index is 14.2. The van der Waals surface area contributed by atoms with E-state index in [1.54, 1.807) is 10.6 Å². The monoisotopic (exact) mass is 547 g/mol. The van der Waals surface area contributed by atoms with Gasteiger partial charge in [-0.15, -0.1) is 0 Å². The molecule has 1 saturated heterocycles. The molecule has 0 saturated carbocycles. The first-order valence-electron chi connectivity index (χ1n) is 11.3. The Kier molecular flexibility index (Phi) is 8.56. The molecular formula is C23H25F4N3O4S2. The first-order valence-corrected chi connectivity index (χ1v) is 13.8. The molecule has 0 atom stereocenters. The second-order valence-corrected chi connectivity index (χ2v) is 10.9. The molecule has 0 unspecified atom stereocenters. The highest BCUT2D eigenvalue weighted by atomic mass is 32.2. The number of hydrogen-bond donors (Lipinski definition) is 0. The number of sulfonamides is 1. The van der Waals surface area contributed by atoms with Crippen molar-refractivity contribution in [2.24, 2.45) is 0 Å². The zero-order valence-corrected chi connectivity index (χ0v) is 21.1. The van der Waals surface area contributed by atoms with Crippen molar-refractivity contribution in [3.05, 3.63) is 53.1 Å². The van der Waals surface area contributed by atoms with E-state index >= 15 is 0 Å². The Morgan fingerprint density at radius 3 is 2.44 bits per heavy atom. The topological polar surface area (TPSA) is 73.7 Å². The van der Waals surface area contributed by atoms with Crippen molar-refractivity contribution in [1.82, 2.24) is 13.9 Å². The number of fused-ring (bicyclic) bond motifs is 1. The predicted octanol–water partition coefficient (Wildman–Crippen LogP) is 4.33. The molecule has 2 aromatic carbocycles. The molecule has 3 aromatic rings. The van der Waals surface area contributed by atoms with Crippen LogP contribution in [0.15, 0.2) is 34.3 Å². The van der Waals surface area contributed by atoms with Gasteiger partial charge in [-0.3, -0.25) is 0 Å². The lowest BCUT2D eigenvalue weighted by Crippen LogP contribution is -2.40. The van der Waals surface area contributed by atoms with Crippen LogP contribution in [0, 0.1) is 23.3 Å². The fourth-order valence-corrected chi connectivity index (χ4v) is 6.33. The maximum Gasteiger partial charge on any atom is 0.243 e. The summed E-state index contributed by atoms with van der Waals surface area (Å²) < 4.78 is 95.5. The zero-order chi connectivity index (χ0) is 25.9. The van der Waals surface area contributed by atoms with E-state index in [9.17, 15) is 26.0 Å². The lowest BCUT2D eigenvalue weighted by Gasteiger charge is -2.26. The summed E-state index contributed by atoms with van der Waals surface area (Å²) in [7, 11) is -3.76. The molecule has 0 radical (unpaired) electrons. The van der Waals surface area contributed by atoms with E-state index in [4.69, 9.17) is 9.47 Å². The summed E-state index contributed by atoms with van der Waals surface area (Å²) in [5.41, 5.74) is 0.247. The van der Waals surface area contributed by atoms with Crippen LogP contribution in [0.2, 0.25) is 0 Å². The van der Waals surface area contributed by atoms with Crippen molar-refractivity contribution >= 4 is 32.8 Å². The first kappa shape index (κ1) is 26.9. The summed E-state index contributed by atoms with van der Waals surface area (Å²) in [6.07, 6.45) is 0.595. The fourth-order valence-electron chi connectivity index (χ4n) is 3.87. The molecule has 7 nitrogen and oxygen atoms in total. The van der Waals surface area contributed by atoms with Crippen molar-refractivity contribution in [1.29, 1.82) is 0 Å². The van der Waals surface area contributed by atoms with E-state index in [1.807, 2.05) is 6.92 Å². The molecule has 1 aliphatic heterocycles. The van der Waals surface area contributed by atoms with Crippen LogP contribution in [0.3, 0.4) is 0 Å². The van der Waals surface area contributed by atoms with Crippen LogP contribution < -0.4 is 0 Å².